The largest absolute Gasteiger partial charge is 0.497 e. The molecule has 24 heavy (non-hydrogen) atoms. The summed E-state index contributed by atoms with van der Waals surface area (Å²) in [6.07, 6.45) is 4.01. The number of hydrogen-bond donors (Lipinski definition) is 1. The van der Waals surface area contributed by atoms with E-state index in [1.165, 1.54) is 0 Å². The van der Waals surface area contributed by atoms with Crippen molar-refractivity contribution in [3.63, 3.8) is 0 Å². The highest BCUT2D eigenvalue weighted by molar-refractivity contribution is 5.94. The average Bonchev–Trinajstić information content (AvgIpc) is 3.16. The molecular formula is C20H20N2O2. The quantitative estimate of drug-likeness (QED) is 0.773. The maximum Gasteiger partial charge on any atom is 0.251 e. The monoisotopic (exact) mass is 320 g/mol. The fraction of sp³-hybridized carbons (Fsp3) is 0.150. The van der Waals surface area contributed by atoms with Crippen LogP contribution in [0.15, 0.2) is 73.1 Å². The van der Waals surface area contributed by atoms with Gasteiger partial charge in [0.25, 0.3) is 5.91 Å². The van der Waals surface area contributed by atoms with Crippen LogP contribution in [0.2, 0.25) is 0 Å². The van der Waals surface area contributed by atoms with Gasteiger partial charge >= 0.3 is 0 Å². The predicted molar refractivity (Wildman–Crippen MR) is 94.6 cm³/mol. The summed E-state index contributed by atoms with van der Waals surface area (Å²) in [5.41, 5.74) is 2.74. The van der Waals surface area contributed by atoms with Gasteiger partial charge in [0.2, 0.25) is 0 Å². The molecule has 0 saturated heterocycles. The van der Waals surface area contributed by atoms with Crippen LogP contribution in [-0.4, -0.2) is 17.6 Å². The zero-order valence-electron chi connectivity index (χ0n) is 13.8. The molecule has 2 aromatic carbocycles. The zero-order valence-corrected chi connectivity index (χ0v) is 13.8. The second-order valence-electron chi connectivity index (χ2n) is 5.61. The van der Waals surface area contributed by atoms with E-state index in [2.05, 4.69) is 5.32 Å². The molecule has 3 rings (SSSR count). The molecule has 0 fully saturated rings. The molecule has 1 amide bonds. The number of ether oxygens (including phenoxy) is 1. The Labute approximate surface area is 141 Å². The Balaban J connectivity index is 1.70. The summed E-state index contributed by atoms with van der Waals surface area (Å²) in [7, 11) is 1.59. The molecule has 0 aliphatic heterocycles. The van der Waals surface area contributed by atoms with E-state index in [-0.39, 0.29) is 11.9 Å². The summed E-state index contributed by atoms with van der Waals surface area (Å²) >= 11 is 0. The molecule has 0 radical (unpaired) electrons. The Hall–Kier alpha value is -3.01. The van der Waals surface area contributed by atoms with Crippen LogP contribution in [0.1, 0.15) is 28.9 Å². The number of methoxy groups -OCH3 is 1. The van der Waals surface area contributed by atoms with Crippen LogP contribution in [-0.2, 0) is 0 Å². The number of carbonyl (C=O) groups excluding carboxylic acids is 1. The molecule has 0 aliphatic carbocycles. The van der Waals surface area contributed by atoms with E-state index < -0.39 is 0 Å². The number of rotatable bonds is 5. The molecule has 0 saturated carbocycles. The highest BCUT2D eigenvalue weighted by Gasteiger charge is 2.12. The molecule has 122 valence electrons. The minimum atomic E-state index is -0.115. The molecule has 1 aromatic heterocycles. The van der Waals surface area contributed by atoms with Crippen LogP contribution in [0.25, 0.3) is 5.69 Å². The van der Waals surface area contributed by atoms with Gasteiger partial charge in [-0.3, -0.25) is 4.79 Å². The highest BCUT2D eigenvalue weighted by Crippen LogP contribution is 2.18. The Morgan fingerprint density at radius 2 is 1.75 bits per heavy atom. The second kappa shape index (κ2) is 7.04. The maximum atomic E-state index is 12.4. The van der Waals surface area contributed by atoms with Gasteiger partial charge in [-0.05, 0) is 55.0 Å². The number of carbonyl (C=O) groups is 1. The van der Waals surface area contributed by atoms with Crippen molar-refractivity contribution in [2.24, 2.45) is 0 Å². The minimum Gasteiger partial charge on any atom is -0.497 e. The van der Waals surface area contributed by atoms with Gasteiger partial charge in [0.05, 0.1) is 13.2 Å². The van der Waals surface area contributed by atoms with Gasteiger partial charge < -0.3 is 14.6 Å². The van der Waals surface area contributed by atoms with E-state index in [4.69, 9.17) is 4.74 Å². The number of nitrogens with zero attached hydrogens (tertiary/aromatic N) is 1. The lowest BCUT2D eigenvalue weighted by molar-refractivity contribution is 0.0939. The van der Waals surface area contributed by atoms with E-state index in [1.54, 1.807) is 19.2 Å². The summed E-state index contributed by atoms with van der Waals surface area (Å²) in [4.78, 5) is 12.4. The highest BCUT2D eigenvalue weighted by atomic mass is 16.5. The van der Waals surface area contributed by atoms with Crippen LogP contribution >= 0.6 is 0 Å². The second-order valence-corrected chi connectivity index (χ2v) is 5.61. The van der Waals surface area contributed by atoms with E-state index in [0.717, 1.165) is 11.3 Å². The number of benzene rings is 2. The fourth-order valence-corrected chi connectivity index (χ4v) is 2.57. The van der Waals surface area contributed by atoms with E-state index >= 15 is 0 Å². The van der Waals surface area contributed by atoms with Crippen LogP contribution < -0.4 is 10.1 Å². The molecule has 1 atom stereocenters. The summed E-state index contributed by atoms with van der Waals surface area (Å²) in [5, 5.41) is 3.02. The lowest BCUT2D eigenvalue weighted by Gasteiger charge is -2.15. The SMILES string of the molecule is COc1cccc(C(=O)NC(C)c2ccc(-n3cccc3)cc2)c1. The van der Waals surface area contributed by atoms with Crippen molar-refractivity contribution in [2.75, 3.05) is 7.11 Å². The molecule has 0 aliphatic rings. The van der Waals surface area contributed by atoms with Crippen molar-refractivity contribution in [2.45, 2.75) is 13.0 Å². The summed E-state index contributed by atoms with van der Waals surface area (Å²) in [5.74, 6) is 0.558. The molecule has 0 spiro atoms. The molecular weight excluding hydrogens is 300 g/mol. The Bertz CT molecular complexity index is 808. The first kappa shape index (κ1) is 15.9. The summed E-state index contributed by atoms with van der Waals surface area (Å²) in [6.45, 7) is 1.97. The van der Waals surface area contributed by atoms with Crippen molar-refractivity contribution < 1.29 is 9.53 Å². The summed E-state index contributed by atoms with van der Waals surface area (Å²) in [6, 6.07) is 19.2. The summed E-state index contributed by atoms with van der Waals surface area (Å²) < 4.78 is 7.21. The standard InChI is InChI=1S/C20H20N2O2/c1-15(21-20(23)17-6-5-7-19(14-17)24-2)16-8-10-18(11-9-16)22-12-3-4-13-22/h3-15H,1-2H3,(H,21,23). The average molecular weight is 320 g/mol. The molecule has 3 aromatic rings. The molecule has 4 heteroatoms. The van der Waals surface area contributed by atoms with Gasteiger partial charge in [-0.25, -0.2) is 0 Å². The van der Waals surface area contributed by atoms with Gasteiger partial charge in [-0.2, -0.15) is 0 Å². The number of aromatic nitrogens is 1. The third-order valence-electron chi connectivity index (χ3n) is 3.98. The van der Waals surface area contributed by atoms with Crippen LogP contribution in [0.4, 0.5) is 0 Å². The van der Waals surface area contributed by atoms with Gasteiger partial charge in [0, 0.05) is 23.6 Å². The first-order chi connectivity index (χ1) is 11.7. The first-order valence-corrected chi connectivity index (χ1v) is 7.85. The van der Waals surface area contributed by atoms with Crippen molar-refractivity contribution in [3.8, 4) is 11.4 Å². The molecule has 1 heterocycles. The van der Waals surface area contributed by atoms with Crippen LogP contribution in [0.3, 0.4) is 0 Å². The van der Waals surface area contributed by atoms with Gasteiger partial charge in [0.1, 0.15) is 5.75 Å². The maximum absolute atomic E-state index is 12.4. The van der Waals surface area contributed by atoms with E-state index in [0.29, 0.717) is 11.3 Å². The molecule has 1 unspecified atom stereocenters. The van der Waals surface area contributed by atoms with Crippen molar-refractivity contribution in [1.82, 2.24) is 9.88 Å². The fourth-order valence-electron chi connectivity index (χ4n) is 2.57. The van der Waals surface area contributed by atoms with Gasteiger partial charge in [0.15, 0.2) is 0 Å². The van der Waals surface area contributed by atoms with Gasteiger partial charge in [-0.1, -0.05) is 18.2 Å². The predicted octanol–water partition coefficient (Wildman–Crippen LogP) is 3.98. The van der Waals surface area contributed by atoms with Crippen molar-refractivity contribution in [3.05, 3.63) is 84.2 Å². The Kier molecular flexibility index (Phi) is 4.66. The molecule has 4 nitrogen and oxygen atoms in total. The third-order valence-corrected chi connectivity index (χ3v) is 3.98. The van der Waals surface area contributed by atoms with Gasteiger partial charge in [-0.15, -0.1) is 0 Å². The molecule has 0 bridgehead atoms. The number of hydrogen-bond acceptors (Lipinski definition) is 2. The lowest BCUT2D eigenvalue weighted by atomic mass is 10.1. The molecule has 1 N–H and O–H groups in total. The van der Waals surface area contributed by atoms with Crippen molar-refractivity contribution in [1.29, 1.82) is 0 Å². The van der Waals surface area contributed by atoms with E-state index in [9.17, 15) is 4.79 Å². The number of nitrogens with one attached hydrogen (secondary N) is 1. The normalized spacial score (nSPS) is 11.8. The Morgan fingerprint density at radius 3 is 2.42 bits per heavy atom. The minimum absolute atomic E-state index is 0.0811. The zero-order chi connectivity index (χ0) is 16.9. The van der Waals surface area contributed by atoms with E-state index in [1.807, 2.05) is 72.4 Å². The topological polar surface area (TPSA) is 43.3 Å². The van der Waals surface area contributed by atoms with Crippen LogP contribution in [0, 0.1) is 0 Å². The Morgan fingerprint density at radius 1 is 1.04 bits per heavy atom. The first-order valence-electron chi connectivity index (χ1n) is 7.85. The lowest BCUT2D eigenvalue weighted by Crippen LogP contribution is -2.26. The van der Waals surface area contributed by atoms with Crippen LogP contribution in [0.5, 0.6) is 5.75 Å². The smallest absolute Gasteiger partial charge is 0.251 e. The third kappa shape index (κ3) is 3.49. The number of amides is 1. The van der Waals surface area contributed by atoms with Crippen molar-refractivity contribution >= 4 is 5.91 Å².